The van der Waals surface area contributed by atoms with Gasteiger partial charge >= 0.3 is 5.97 Å². The molecule has 4 aliphatic rings. The van der Waals surface area contributed by atoms with Crippen molar-refractivity contribution in [1.29, 1.82) is 0 Å². The SMILES string of the molecule is CC(C)(O)O.CC12C=CC(=O)C=C1CCC1C2C(O)CC2(C)C(C(=O)COCCCC(=O)Oc3cccc(CO[N+](=O)[O-])c3)CCC12.CO. The number of nitrogens with zero attached hydrogens (tertiary/aromatic N) is 1. The minimum atomic E-state index is -1.50. The molecule has 13 nitrogen and oxygen atoms in total. The topological polar surface area (TPSA) is 203 Å². The number of Topliss-reactive ketones (excluding diaryl/α,β-unsaturated/α-hetero) is 1. The van der Waals surface area contributed by atoms with Gasteiger partial charge in [0.25, 0.3) is 5.09 Å². The molecule has 0 amide bonds. The Balaban J connectivity index is 0.000000852. The van der Waals surface area contributed by atoms with Gasteiger partial charge in [-0.3, -0.25) is 14.4 Å². The van der Waals surface area contributed by atoms with Crippen molar-refractivity contribution in [3.8, 4) is 5.75 Å². The summed E-state index contributed by atoms with van der Waals surface area (Å²) in [6.07, 6.45) is 9.38. The number of allylic oxidation sites excluding steroid dienone is 4. The molecule has 13 heteroatoms. The number of rotatable bonds is 11. The van der Waals surface area contributed by atoms with E-state index in [0.29, 0.717) is 30.2 Å². The first-order valence-electron chi connectivity index (χ1n) is 16.7. The summed E-state index contributed by atoms with van der Waals surface area (Å²) >= 11 is 0. The predicted octanol–water partition coefficient (Wildman–Crippen LogP) is 3.88. The van der Waals surface area contributed by atoms with Crippen LogP contribution in [0, 0.1) is 44.6 Å². The third kappa shape index (κ3) is 10.3. The Morgan fingerprint density at radius 3 is 2.49 bits per heavy atom. The predicted molar refractivity (Wildman–Crippen MR) is 177 cm³/mol. The van der Waals surface area contributed by atoms with E-state index in [2.05, 4.69) is 18.7 Å². The Hall–Kier alpha value is -3.49. The van der Waals surface area contributed by atoms with Crippen LogP contribution in [0.25, 0.3) is 0 Å². The summed E-state index contributed by atoms with van der Waals surface area (Å²) in [4.78, 5) is 52.3. The standard InChI is InChI=1S/C32H39NO9.C3H8O2.CH4O/c1-31-13-12-22(34)16-21(31)8-9-24-25-10-11-26(32(25,2)17-27(35)30(24)31)28(36)19-40-14-4-7-29(37)42-23-6-3-5-20(15-23)18-41-33(38)39;1-3(2,4)5;1-2/h3,5-6,12-13,15-16,24-27,30,35H,4,7-11,14,17-19H2,1-2H3;4-5H,1-2H3;2H,1H3. The van der Waals surface area contributed by atoms with Crippen LogP contribution in [0.5, 0.6) is 5.75 Å². The summed E-state index contributed by atoms with van der Waals surface area (Å²) in [5.74, 6) is -1.13. The molecule has 3 saturated carbocycles. The van der Waals surface area contributed by atoms with E-state index in [4.69, 9.17) is 24.8 Å². The summed E-state index contributed by atoms with van der Waals surface area (Å²) in [7, 11) is 1.00. The average Bonchev–Trinajstić information content (AvgIpc) is 3.37. The summed E-state index contributed by atoms with van der Waals surface area (Å²) < 4.78 is 11.0. The first-order valence-corrected chi connectivity index (χ1v) is 16.7. The van der Waals surface area contributed by atoms with Crippen LogP contribution in [0.1, 0.15) is 78.2 Å². The van der Waals surface area contributed by atoms with Crippen molar-refractivity contribution in [1.82, 2.24) is 0 Å². The first-order chi connectivity index (χ1) is 23.0. The van der Waals surface area contributed by atoms with Crippen molar-refractivity contribution >= 4 is 17.5 Å². The Kier molecular flexibility index (Phi) is 13.8. The van der Waals surface area contributed by atoms with Gasteiger partial charge in [0, 0.05) is 37.4 Å². The molecule has 5 rings (SSSR count). The molecule has 4 N–H and O–H groups in total. The van der Waals surface area contributed by atoms with Crippen LogP contribution >= 0.6 is 0 Å². The molecule has 0 aromatic heterocycles. The molecule has 272 valence electrons. The summed E-state index contributed by atoms with van der Waals surface area (Å²) in [6.45, 7) is 6.88. The molecule has 0 spiro atoms. The van der Waals surface area contributed by atoms with Gasteiger partial charge < -0.3 is 34.7 Å². The third-order valence-electron chi connectivity index (χ3n) is 10.3. The van der Waals surface area contributed by atoms with Gasteiger partial charge in [0.15, 0.2) is 17.4 Å². The molecule has 7 unspecified atom stereocenters. The highest BCUT2D eigenvalue weighted by Gasteiger charge is 2.62. The lowest BCUT2D eigenvalue weighted by molar-refractivity contribution is -0.763. The average molecular weight is 690 g/mol. The molecule has 7 atom stereocenters. The smallest absolute Gasteiger partial charge is 0.311 e. The molecular formula is C36H51NO12. The van der Waals surface area contributed by atoms with Crippen LogP contribution in [0.3, 0.4) is 0 Å². The number of hydrogen-bond acceptors (Lipinski definition) is 12. The number of ketones is 2. The maximum absolute atomic E-state index is 13.4. The Bertz CT molecular complexity index is 1390. The van der Waals surface area contributed by atoms with Crippen LogP contribution in [0.4, 0.5) is 0 Å². The zero-order valence-electron chi connectivity index (χ0n) is 29.0. The Labute approximate surface area is 287 Å². The van der Waals surface area contributed by atoms with Crippen molar-refractivity contribution in [2.24, 2.45) is 34.5 Å². The largest absolute Gasteiger partial charge is 0.427 e. The molecule has 0 saturated heterocycles. The Morgan fingerprint density at radius 1 is 1.12 bits per heavy atom. The van der Waals surface area contributed by atoms with E-state index in [1.165, 1.54) is 19.9 Å². The van der Waals surface area contributed by atoms with Gasteiger partial charge in [0.1, 0.15) is 19.0 Å². The monoisotopic (exact) mass is 689 g/mol. The molecule has 0 heterocycles. The lowest BCUT2D eigenvalue weighted by atomic mass is 9.46. The first kappa shape index (κ1) is 39.9. The van der Waals surface area contributed by atoms with Crippen molar-refractivity contribution in [3.63, 3.8) is 0 Å². The molecule has 1 aromatic carbocycles. The number of aliphatic hydroxyl groups is 4. The van der Waals surface area contributed by atoms with Gasteiger partial charge in [-0.15, -0.1) is 10.1 Å². The molecular weight excluding hydrogens is 638 g/mol. The lowest BCUT2D eigenvalue weighted by Crippen LogP contribution is -2.56. The maximum Gasteiger partial charge on any atom is 0.311 e. The van der Waals surface area contributed by atoms with Crippen LogP contribution in [0.2, 0.25) is 0 Å². The molecule has 49 heavy (non-hydrogen) atoms. The number of ether oxygens (including phenoxy) is 2. The number of fused-ring (bicyclic) bond motifs is 5. The maximum atomic E-state index is 13.4. The minimum Gasteiger partial charge on any atom is -0.427 e. The molecule has 0 aliphatic heterocycles. The van der Waals surface area contributed by atoms with Crippen molar-refractivity contribution < 1.29 is 54.2 Å². The van der Waals surface area contributed by atoms with Gasteiger partial charge in [-0.1, -0.05) is 37.6 Å². The zero-order chi connectivity index (χ0) is 36.6. The number of carbonyl (C=O) groups excluding carboxylic acids is 3. The zero-order valence-corrected chi connectivity index (χ0v) is 29.0. The molecule has 0 bridgehead atoms. The number of aliphatic hydroxyl groups excluding tert-OH is 2. The van der Waals surface area contributed by atoms with Gasteiger partial charge in [0.2, 0.25) is 0 Å². The highest BCUT2D eigenvalue weighted by atomic mass is 16.9. The number of esters is 1. The van der Waals surface area contributed by atoms with E-state index < -0.39 is 22.9 Å². The fourth-order valence-electron chi connectivity index (χ4n) is 8.45. The third-order valence-corrected chi connectivity index (χ3v) is 10.3. The van der Waals surface area contributed by atoms with E-state index in [1.807, 2.05) is 6.08 Å². The van der Waals surface area contributed by atoms with Gasteiger partial charge in [-0.25, -0.2) is 0 Å². The van der Waals surface area contributed by atoms with Crippen LogP contribution in [-0.4, -0.2) is 75.3 Å². The van der Waals surface area contributed by atoms with E-state index >= 15 is 0 Å². The van der Waals surface area contributed by atoms with E-state index in [-0.39, 0.29) is 66.2 Å². The van der Waals surface area contributed by atoms with Crippen molar-refractivity contribution in [3.05, 3.63) is 63.7 Å². The lowest BCUT2D eigenvalue weighted by Gasteiger charge is -2.58. The van der Waals surface area contributed by atoms with E-state index in [1.54, 1.807) is 30.4 Å². The highest BCUT2D eigenvalue weighted by Crippen LogP contribution is 2.66. The van der Waals surface area contributed by atoms with E-state index in [0.717, 1.165) is 38.4 Å². The van der Waals surface area contributed by atoms with Crippen LogP contribution < -0.4 is 4.74 Å². The fraction of sp³-hybridized carbons (Fsp3) is 0.639. The molecule has 4 aliphatic carbocycles. The normalized spacial score (nSPS) is 29.8. The summed E-state index contributed by atoms with van der Waals surface area (Å²) in [5.41, 5.74) is 1.01. The summed E-state index contributed by atoms with van der Waals surface area (Å²) in [5, 5.41) is 44.1. The Morgan fingerprint density at radius 2 is 1.82 bits per heavy atom. The van der Waals surface area contributed by atoms with Crippen molar-refractivity contribution in [2.75, 3.05) is 20.3 Å². The van der Waals surface area contributed by atoms with Gasteiger partial charge in [-0.05, 0) is 99.5 Å². The molecule has 1 aromatic rings. The fourth-order valence-corrected chi connectivity index (χ4v) is 8.45. The summed E-state index contributed by atoms with van der Waals surface area (Å²) in [6, 6.07) is 6.34. The minimum absolute atomic E-state index is 0.0206. The van der Waals surface area contributed by atoms with Crippen LogP contribution in [0.15, 0.2) is 48.1 Å². The van der Waals surface area contributed by atoms with Gasteiger partial charge in [0.05, 0.1) is 6.10 Å². The molecule has 0 radical (unpaired) electrons. The number of carbonyl (C=O) groups is 3. The second-order valence-electron chi connectivity index (χ2n) is 14.2. The molecule has 3 fully saturated rings. The second kappa shape index (κ2) is 16.9. The van der Waals surface area contributed by atoms with Crippen LogP contribution in [-0.2, 0) is 30.6 Å². The van der Waals surface area contributed by atoms with E-state index in [9.17, 15) is 29.6 Å². The van der Waals surface area contributed by atoms with Gasteiger partial charge in [-0.2, -0.15) is 0 Å². The van der Waals surface area contributed by atoms with Crippen molar-refractivity contribution in [2.45, 2.75) is 91.1 Å². The highest BCUT2D eigenvalue weighted by molar-refractivity contribution is 6.01. The second-order valence-corrected chi connectivity index (χ2v) is 14.2. The number of benzene rings is 1. The quantitative estimate of drug-likeness (QED) is 0.0653. The number of hydrogen-bond donors (Lipinski definition) is 4.